The Bertz CT molecular complexity index is 105. The van der Waals surface area contributed by atoms with Crippen molar-refractivity contribution >= 4 is 6.29 Å². The van der Waals surface area contributed by atoms with Crippen molar-refractivity contribution in [1.82, 2.24) is 0 Å². The van der Waals surface area contributed by atoms with Gasteiger partial charge < -0.3 is 0 Å². The third kappa shape index (κ3) is 5.54. The van der Waals surface area contributed by atoms with Crippen LogP contribution in [0.4, 0.5) is 0 Å². The molecule has 0 bridgehead atoms. The first-order chi connectivity index (χ1) is 4.81. The number of aldehydes is 1. The van der Waals surface area contributed by atoms with E-state index in [1.165, 1.54) is 12.8 Å². The second kappa shape index (κ2) is 6.53. The Morgan fingerprint density at radius 3 is 2.70 bits per heavy atom. The van der Waals surface area contributed by atoms with Gasteiger partial charge in [0, 0.05) is 0 Å². The molecule has 0 aromatic heterocycles. The lowest BCUT2D eigenvalue weighted by Crippen LogP contribution is -1.89. The normalized spacial score (nSPS) is 13.8. The molecule has 0 radical (unpaired) electrons. The number of rotatable bonds is 5. The van der Waals surface area contributed by atoms with Crippen molar-refractivity contribution in [2.75, 3.05) is 0 Å². The molecule has 0 N–H and O–H groups in total. The van der Waals surface area contributed by atoms with Gasteiger partial charge in [0.1, 0.15) is 6.29 Å². The van der Waals surface area contributed by atoms with E-state index >= 15 is 0 Å². The summed E-state index contributed by atoms with van der Waals surface area (Å²) >= 11 is 0. The van der Waals surface area contributed by atoms with Crippen LogP contribution in [0.2, 0.25) is 0 Å². The molecule has 0 heterocycles. The molecular weight excluding hydrogens is 124 g/mol. The molecule has 0 spiro atoms. The van der Waals surface area contributed by atoms with Gasteiger partial charge in [0.25, 0.3) is 0 Å². The minimum absolute atomic E-state index is 0.788. The smallest absolute Gasteiger partial charge is 0.142 e. The summed E-state index contributed by atoms with van der Waals surface area (Å²) in [7, 11) is 0. The van der Waals surface area contributed by atoms with Gasteiger partial charge >= 0.3 is 0 Å². The molecule has 0 aliphatic carbocycles. The van der Waals surface area contributed by atoms with E-state index in [-0.39, 0.29) is 0 Å². The van der Waals surface area contributed by atoms with Gasteiger partial charge in [-0.3, -0.25) is 4.79 Å². The summed E-state index contributed by atoms with van der Waals surface area (Å²) in [5.41, 5.74) is 0. The molecule has 1 atom stereocenters. The minimum atomic E-state index is 0.788. The second-order valence-electron chi connectivity index (χ2n) is 2.66. The van der Waals surface area contributed by atoms with Crippen molar-refractivity contribution in [3.63, 3.8) is 0 Å². The maximum Gasteiger partial charge on any atom is 0.142 e. The Hall–Kier alpha value is -0.590. The van der Waals surface area contributed by atoms with Crippen molar-refractivity contribution in [2.45, 2.75) is 33.1 Å². The summed E-state index contributed by atoms with van der Waals surface area (Å²) in [6.45, 7) is 4.42. The highest BCUT2D eigenvalue weighted by Gasteiger charge is 1.94. The molecule has 0 aromatic rings. The van der Waals surface area contributed by atoms with E-state index < -0.39 is 0 Å². The molecule has 0 aliphatic heterocycles. The molecule has 58 valence electrons. The molecule has 0 saturated carbocycles. The van der Waals surface area contributed by atoms with Crippen molar-refractivity contribution in [1.29, 1.82) is 0 Å². The molecule has 0 amide bonds. The molecule has 1 nitrogen and oxygen atoms in total. The summed E-state index contributed by atoms with van der Waals surface area (Å²) in [5.74, 6) is 0.788. The van der Waals surface area contributed by atoms with E-state index in [1.54, 1.807) is 6.08 Å². The number of carbonyl (C=O) groups excluding carboxylic acids is 1. The topological polar surface area (TPSA) is 17.1 Å². The van der Waals surface area contributed by atoms with Crippen LogP contribution in [-0.2, 0) is 4.79 Å². The van der Waals surface area contributed by atoms with Crippen LogP contribution in [-0.4, -0.2) is 6.29 Å². The maximum atomic E-state index is 9.83. The zero-order valence-corrected chi connectivity index (χ0v) is 6.84. The lowest BCUT2D eigenvalue weighted by molar-refractivity contribution is -0.104. The Balaban J connectivity index is 3.18. The first-order valence-electron chi connectivity index (χ1n) is 3.91. The number of carbonyl (C=O) groups is 1. The predicted molar refractivity (Wildman–Crippen MR) is 43.9 cm³/mol. The molecular formula is C9H16O. The summed E-state index contributed by atoms with van der Waals surface area (Å²) < 4.78 is 0. The maximum absolute atomic E-state index is 9.83. The van der Waals surface area contributed by atoms with Gasteiger partial charge in [0.15, 0.2) is 0 Å². The summed E-state index contributed by atoms with van der Waals surface area (Å²) in [6.07, 6.45) is 7.79. The Labute approximate surface area is 63.1 Å². The monoisotopic (exact) mass is 140 g/mol. The van der Waals surface area contributed by atoms with Crippen LogP contribution in [0.1, 0.15) is 33.1 Å². The summed E-state index contributed by atoms with van der Waals surface area (Å²) in [4.78, 5) is 9.83. The molecule has 0 unspecified atom stereocenters. The van der Waals surface area contributed by atoms with Crippen molar-refractivity contribution in [3.05, 3.63) is 12.2 Å². The van der Waals surface area contributed by atoms with E-state index in [0.717, 1.165) is 18.6 Å². The highest BCUT2D eigenvalue weighted by atomic mass is 16.1. The first kappa shape index (κ1) is 9.41. The lowest BCUT2D eigenvalue weighted by Gasteiger charge is -2.03. The summed E-state index contributed by atoms with van der Waals surface area (Å²) in [6, 6.07) is 0. The van der Waals surface area contributed by atoms with E-state index in [9.17, 15) is 4.79 Å². The van der Waals surface area contributed by atoms with Crippen LogP contribution in [0.3, 0.4) is 0 Å². The number of allylic oxidation sites excluding steroid dienone is 2. The van der Waals surface area contributed by atoms with Crippen LogP contribution in [0.25, 0.3) is 0 Å². The third-order valence-corrected chi connectivity index (χ3v) is 1.74. The lowest BCUT2D eigenvalue weighted by atomic mass is 10.0. The molecule has 0 saturated heterocycles. The van der Waals surface area contributed by atoms with Gasteiger partial charge in [-0.15, -0.1) is 0 Å². The average Bonchev–Trinajstić information content (AvgIpc) is 1.98. The van der Waals surface area contributed by atoms with Gasteiger partial charge in [-0.25, -0.2) is 0 Å². The molecule has 0 aliphatic rings. The number of hydrogen-bond acceptors (Lipinski definition) is 1. The van der Waals surface area contributed by atoms with Crippen molar-refractivity contribution < 1.29 is 4.79 Å². The third-order valence-electron chi connectivity index (χ3n) is 1.74. The highest BCUT2D eigenvalue weighted by molar-refractivity contribution is 5.64. The van der Waals surface area contributed by atoms with E-state index in [0.29, 0.717) is 0 Å². The molecule has 0 rings (SSSR count). The summed E-state index contributed by atoms with van der Waals surface area (Å²) in [5, 5.41) is 0. The Morgan fingerprint density at radius 1 is 1.50 bits per heavy atom. The van der Waals surface area contributed by atoms with Gasteiger partial charge in [-0.05, 0) is 24.8 Å². The van der Waals surface area contributed by atoms with Crippen LogP contribution in [0.5, 0.6) is 0 Å². The van der Waals surface area contributed by atoms with E-state index in [1.807, 2.05) is 6.08 Å². The number of hydrogen-bond donors (Lipinski definition) is 0. The Kier molecular flexibility index (Phi) is 6.14. The molecule has 10 heavy (non-hydrogen) atoms. The fraction of sp³-hybridized carbons (Fsp3) is 0.667. The quantitative estimate of drug-likeness (QED) is 0.423. The predicted octanol–water partition coefficient (Wildman–Crippen LogP) is 2.57. The fourth-order valence-corrected chi connectivity index (χ4v) is 0.737. The largest absolute Gasteiger partial charge is 0.299 e. The second-order valence-corrected chi connectivity index (χ2v) is 2.66. The van der Waals surface area contributed by atoms with Crippen LogP contribution in [0.15, 0.2) is 12.2 Å². The first-order valence-corrected chi connectivity index (χ1v) is 3.91. The van der Waals surface area contributed by atoms with Gasteiger partial charge in [0.05, 0.1) is 0 Å². The van der Waals surface area contributed by atoms with Crippen LogP contribution in [0, 0.1) is 5.92 Å². The zero-order valence-electron chi connectivity index (χ0n) is 6.84. The van der Waals surface area contributed by atoms with Gasteiger partial charge in [-0.2, -0.15) is 0 Å². The SMILES string of the molecule is CC[C@@H](C)CC/C=C\C=O. The molecule has 1 heteroatoms. The molecule has 0 aromatic carbocycles. The van der Waals surface area contributed by atoms with E-state index in [2.05, 4.69) is 13.8 Å². The van der Waals surface area contributed by atoms with Crippen molar-refractivity contribution in [3.8, 4) is 0 Å². The van der Waals surface area contributed by atoms with Gasteiger partial charge in [-0.1, -0.05) is 26.3 Å². The van der Waals surface area contributed by atoms with Gasteiger partial charge in [0.2, 0.25) is 0 Å². The van der Waals surface area contributed by atoms with E-state index in [4.69, 9.17) is 0 Å². The zero-order chi connectivity index (χ0) is 7.82. The average molecular weight is 140 g/mol. The minimum Gasteiger partial charge on any atom is -0.299 e. The Morgan fingerprint density at radius 2 is 2.20 bits per heavy atom. The molecule has 0 fully saturated rings. The van der Waals surface area contributed by atoms with Crippen molar-refractivity contribution in [2.24, 2.45) is 5.92 Å². The fourth-order valence-electron chi connectivity index (χ4n) is 0.737. The van der Waals surface area contributed by atoms with Crippen LogP contribution >= 0.6 is 0 Å². The standard InChI is InChI=1S/C9H16O/c1-3-9(2)7-5-4-6-8-10/h4,6,8-9H,3,5,7H2,1-2H3/b6-4-/t9-/m1/s1. The van der Waals surface area contributed by atoms with Crippen LogP contribution < -0.4 is 0 Å². The highest BCUT2D eigenvalue weighted by Crippen LogP contribution is 2.08.